The highest BCUT2D eigenvalue weighted by Gasteiger charge is 2.59. The van der Waals surface area contributed by atoms with E-state index < -0.39 is 17.6 Å². The molecule has 5 nitrogen and oxygen atoms in total. The molecule has 0 atom stereocenters. The summed E-state index contributed by atoms with van der Waals surface area (Å²) < 4.78 is 4.94. The van der Waals surface area contributed by atoms with E-state index in [1.165, 1.54) is 11.0 Å². The molecule has 0 aliphatic carbocycles. The number of amides is 1. The van der Waals surface area contributed by atoms with Crippen molar-refractivity contribution in [3.63, 3.8) is 0 Å². The summed E-state index contributed by atoms with van der Waals surface area (Å²) in [5.74, 6) is -0.914. The first-order valence-corrected chi connectivity index (χ1v) is 5.42. The van der Waals surface area contributed by atoms with Gasteiger partial charge in [0, 0.05) is 6.04 Å². The minimum atomic E-state index is -1.01. The van der Waals surface area contributed by atoms with Crippen LogP contribution < -0.4 is 0 Å². The number of ether oxygens (including phenoxy) is 1. The maximum Gasteiger partial charge on any atom is 0.411 e. The molecule has 2 saturated heterocycles. The van der Waals surface area contributed by atoms with Crippen LogP contribution in [0.3, 0.4) is 0 Å². The fraction of sp³-hybridized carbons (Fsp3) is 0.636. The molecule has 0 aromatic heterocycles. The van der Waals surface area contributed by atoms with Gasteiger partial charge in [0.15, 0.2) is 0 Å². The van der Waals surface area contributed by atoms with Crippen LogP contribution in [-0.2, 0) is 9.53 Å². The Morgan fingerprint density at radius 3 is 2.62 bits per heavy atom. The zero-order valence-electron chi connectivity index (χ0n) is 9.02. The minimum Gasteiger partial charge on any atom is -0.479 e. The number of rotatable bonds is 3. The van der Waals surface area contributed by atoms with Gasteiger partial charge >= 0.3 is 12.1 Å². The topological polar surface area (TPSA) is 66.8 Å². The van der Waals surface area contributed by atoms with Gasteiger partial charge in [0.1, 0.15) is 12.1 Å². The van der Waals surface area contributed by atoms with Gasteiger partial charge in [-0.2, -0.15) is 0 Å². The quantitative estimate of drug-likeness (QED) is 0.737. The minimum absolute atomic E-state index is 0.0356. The van der Waals surface area contributed by atoms with Gasteiger partial charge in [0.05, 0.1) is 0 Å². The van der Waals surface area contributed by atoms with Crippen molar-refractivity contribution in [3.05, 3.63) is 12.7 Å². The summed E-state index contributed by atoms with van der Waals surface area (Å²) in [5, 5.41) is 9.27. The Kier molecular flexibility index (Phi) is 2.61. The Balaban J connectivity index is 2.17. The number of carbonyl (C=O) groups is 2. The average molecular weight is 225 g/mol. The molecule has 5 heteroatoms. The summed E-state index contributed by atoms with van der Waals surface area (Å²) in [6.07, 6.45) is 3.54. The highest BCUT2D eigenvalue weighted by molar-refractivity contribution is 5.86. The molecular weight excluding hydrogens is 210 g/mol. The Labute approximate surface area is 93.7 Å². The number of hydrogen-bond donors (Lipinski definition) is 1. The summed E-state index contributed by atoms with van der Waals surface area (Å²) in [6, 6.07) is 0.0356. The maximum atomic E-state index is 11.8. The van der Waals surface area contributed by atoms with Crippen molar-refractivity contribution in [1.29, 1.82) is 0 Å². The van der Waals surface area contributed by atoms with Crippen molar-refractivity contribution in [3.8, 4) is 0 Å². The maximum absolute atomic E-state index is 11.8. The van der Waals surface area contributed by atoms with Crippen LogP contribution in [0.1, 0.15) is 25.7 Å². The highest BCUT2D eigenvalue weighted by Crippen LogP contribution is 2.46. The molecule has 0 saturated carbocycles. The zero-order valence-corrected chi connectivity index (χ0v) is 9.02. The smallest absolute Gasteiger partial charge is 0.411 e. The van der Waals surface area contributed by atoms with Crippen molar-refractivity contribution >= 4 is 12.1 Å². The van der Waals surface area contributed by atoms with E-state index in [4.69, 9.17) is 4.74 Å². The molecule has 2 heterocycles. The standard InChI is InChI=1S/C11H15NO4/c1-2-7-16-10(15)12-8-3-5-11(12,6-4-8)9(13)14/h2,8H,1,3-7H2,(H,13,14). The van der Waals surface area contributed by atoms with Crippen LogP contribution in [0, 0.1) is 0 Å². The van der Waals surface area contributed by atoms with Crippen molar-refractivity contribution in [2.24, 2.45) is 0 Å². The second-order valence-electron chi connectivity index (χ2n) is 4.30. The normalized spacial score (nSPS) is 31.5. The van der Waals surface area contributed by atoms with Crippen LogP contribution in [0.2, 0.25) is 0 Å². The van der Waals surface area contributed by atoms with E-state index in [2.05, 4.69) is 6.58 Å². The van der Waals surface area contributed by atoms with Crippen LogP contribution in [0.15, 0.2) is 12.7 Å². The summed E-state index contributed by atoms with van der Waals surface area (Å²) >= 11 is 0. The lowest BCUT2D eigenvalue weighted by Gasteiger charge is -2.29. The first kappa shape index (κ1) is 11.0. The molecule has 2 fully saturated rings. The first-order chi connectivity index (χ1) is 7.62. The molecule has 1 amide bonds. The molecule has 0 radical (unpaired) electrons. The van der Waals surface area contributed by atoms with E-state index in [0.29, 0.717) is 12.8 Å². The van der Waals surface area contributed by atoms with E-state index in [9.17, 15) is 14.7 Å². The van der Waals surface area contributed by atoms with Crippen LogP contribution in [0.4, 0.5) is 4.79 Å². The van der Waals surface area contributed by atoms with Gasteiger partial charge in [-0.05, 0) is 25.7 Å². The monoisotopic (exact) mass is 225 g/mol. The third-order valence-electron chi connectivity index (χ3n) is 3.53. The summed E-state index contributed by atoms with van der Waals surface area (Å²) in [4.78, 5) is 24.5. The molecule has 0 unspecified atom stereocenters. The van der Waals surface area contributed by atoms with Gasteiger partial charge in [-0.3, -0.25) is 4.90 Å². The number of carbonyl (C=O) groups excluding carboxylic acids is 1. The molecule has 88 valence electrons. The molecule has 2 rings (SSSR count). The fourth-order valence-electron chi connectivity index (χ4n) is 2.77. The van der Waals surface area contributed by atoms with Gasteiger partial charge < -0.3 is 9.84 Å². The van der Waals surface area contributed by atoms with Crippen LogP contribution >= 0.6 is 0 Å². The molecule has 1 N–H and O–H groups in total. The Hall–Kier alpha value is -1.52. The second kappa shape index (κ2) is 3.81. The fourth-order valence-corrected chi connectivity index (χ4v) is 2.77. The lowest BCUT2D eigenvalue weighted by Crippen LogP contribution is -2.50. The number of carboxylic acid groups (broad SMARTS) is 1. The molecule has 0 spiro atoms. The SMILES string of the molecule is C=CCOC(=O)N1C2CCC1(C(=O)O)CC2. The number of aliphatic carboxylic acids is 1. The van der Waals surface area contributed by atoms with Crippen molar-refractivity contribution < 1.29 is 19.4 Å². The molecular formula is C11H15NO4. The van der Waals surface area contributed by atoms with Gasteiger partial charge in [-0.15, -0.1) is 0 Å². The number of hydrogen-bond acceptors (Lipinski definition) is 3. The van der Waals surface area contributed by atoms with Crippen molar-refractivity contribution in [2.45, 2.75) is 37.3 Å². The first-order valence-electron chi connectivity index (χ1n) is 5.42. The average Bonchev–Trinajstić information content (AvgIpc) is 2.82. The molecule has 2 bridgehead atoms. The summed E-state index contributed by atoms with van der Waals surface area (Å²) in [5.41, 5.74) is -1.01. The molecule has 2 aliphatic rings. The van der Waals surface area contributed by atoms with Crippen LogP contribution in [0.5, 0.6) is 0 Å². The largest absolute Gasteiger partial charge is 0.479 e. The van der Waals surface area contributed by atoms with Gasteiger partial charge in [-0.25, -0.2) is 9.59 Å². The Morgan fingerprint density at radius 2 is 2.12 bits per heavy atom. The Morgan fingerprint density at radius 1 is 1.50 bits per heavy atom. The third-order valence-corrected chi connectivity index (χ3v) is 3.53. The lowest BCUT2D eigenvalue weighted by atomic mass is 9.88. The molecule has 0 aromatic rings. The summed E-state index contributed by atoms with van der Waals surface area (Å²) in [7, 11) is 0. The predicted molar refractivity (Wildman–Crippen MR) is 56.0 cm³/mol. The summed E-state index contributed by atoms with van der Waals surface area (Å²) in [6.45, 7) is 3.58. The third kappa shape index (κ3) is 1.38. The molecule has 2 aliphatic heterocycles. The van der Waals surface area contributed by atoms with E-state index in [1.54, 1.807) is 0 Å². The van der Waals surface area contributed by atoms with Gasteiger partial charge in [-0.1, -0.05) is 12.7 Å². The van der Waals surface area contributed by atoms with E-state index >= 15 is 0 Å². The van der Waals surface area contributed by atoms with Crippen LogP contribution in [0.25, 0.3) is 0 Å². The van der Waals surface area contributed by atoms with E-state index in [1.807, 2.05) is 0 Å². The second-order valence-corrected chi connectivity index (χ2v) is 4.30. The van der Waals surface area contributed by atoms with Gasteiger partial charge in [0.2, 0.25) is 0 Å². The van der Waals surface area contributed by atoms with E-state index in [0.717, 1.165) is 12.8 Å². The molecule has 16 heavy (non-hydrogen) atoms. The van der Waals surface area contributed by atoms with Crippen molar-refractivity contribution in [1.82, 2.24) is 4.90 Å². The lowest BCUT2D eigenvalue weighted by molar-refractivity contribution is -0.148. The predicted octanol–water partition coefficient (Wildman–Crippen LogP) is 1.39. The van der Waals surface area contributed by atoms with Gasteiger partial charge in [0.25, 0.3) is 0 Å². The number of fused-ring (bicyclic) bond motifs is 2. The Bertz CT molecular complexity index is 331. The van der Waals surface area contributed by atoms with Crippen LogP contribution in [-0.4, -0.2) is 40.3 Å². The number of carboxylic acids is 1. The zero-order chi connectivity index (χ0) is 11.8. The van der Waals surface area contributed by atoms with E-state index in [-0.39, 0.29) is 12.6 Å². The number of nitrogens with zero attached hydrogens (tertiary/aromatic N) is 1. The molecule has 0 aromatic carbocycles. The van der Waals surface area contributed by atoms with Crippen molar-refractivity contribution in [2.75, 3.05) is 6.61 Å². The highest BCUT2D eigenvalue weighted by atomic mass is 16.6.